The monoisotopic (exact) mass is 259 g/mol. The molecule has 0 bridgehead atoms. The summed E-state index contributed by atoms with van der Waals surface area (Å²) < 4.78 is 0. The molecule has 1 unspecified atom stereocenters. The van der Waals surface area contributed by atoms with Gasteiger partial charge in [0.1, 0.15) is 0 Å². The number of halogens is 1. The first-order chi connectivity index (χ1) is 8.47. The summed E-state index contributed by atoms with van der Waals surface area (Å²) in [5.74, 6) is 0. The summed E-state index contributed by atoms with van der Waals surface area (Å²) in [6.45, 7) is 4.14. The number of aryl methyl sites for hydroxylation is 1. The lowest BCUT2D eigenvalue weighted by atomic mass is 9.86. The lowest BCUT2D eigenvalue weighted by molar-refractivity contribution is 0.491. The van der Waals surface area contributed by atoms with Gasteiger partial charge in [0.05, 0.1) is 0 Å². The van der Waals surface area contributed by atoms with Crippen molar-refractivity contribution in [3.8, 4) is 0 Å². The van der Waals surface area contributed by atoms with Crippen molar-refractivity contribution in [2.75, 3.05) is 0 Å². The molecule has 2 rings (SSSR count). The Bertz CT molecular complexity index is 546. The average Bonchev–Trinajstić information content (AvgIpc) is 2.28. The van der Waals surface area contributed by atoms with E-state index in [1.807, 2.05) is 31.2 Å². The Hall–Kier alpha value is -1.31. The molecule has 0 spiro atoms. The Morgan fingerprint density at radius 1 is 1.11 bits per heavy atom. The highest BCUT2D eigenvalue weighted by Crippen LogP contribution is 2.25. The Labute approximate surface area is 114 Å². The van der Waals surface area contributed by atoms with E-state index in [1.54, 1.807) is 0 Å². The Kier molecular flexibility index (Phi) is 3.74. The maximum absolute atomic E-state index is 6.43. The molecule has 18 heavy (non-hydrogen) atoms. The van der Waals surface area contributed by atoms with Crippen molar-refractivity contribution in [2.24, 2.45) is 5.73 Å². The van der Waals surface area contributed by atoms with E-state index in [0.29, 0.717) is 0 Å². The van der Waals surface area contributed by atoms with Crippen LogP contribution in [0.3, 0.4) is 0 Å². The third-order valence-electron chi connectivity index (χ3n) is 3.14. The molecule has 0 saturated heterocycles. The van der Waals surface area contributed by atoms with Gasteiger partial charge in [0.2, 0.25) is 0 Å². The lowest BCUT2D eigenvalue weighted by Gasteiger charge is -2.25. The van der Waals surface area contributed by atoms with Crippen LogP contribution in [-0.4, -0.2) is 0 Å². The summed E-state index contributed by atoms with van der Waals surface area (Å²) in [4.78, 5) is 0. The van der Waals surface area contributed by atoms with Gasteiger partial charge in [-0.1, -0.05) is 53.6 Å². The molecule has 2 aromatic rings. The maximum Gasteiger partial charge on any atom is 0.0422 e. The lowest BCUT2D eigenvalue weighted by Crippen LogP contribution is -2.35. The fourth-order valence-electron chi connectivity index (χ4n) is 2.19. The Balaban J connectivity index is 2.26. The van der Waals surface area contributed by atoms with E-state index in [4.69, 9.17) is 17.3 Å². The van der Waals surface area contributed by atoms with Crippen LogP contribution in [0.5, 0.6) is 0 Å². The van der Waals surface area contributed by atoms with E-state index in [-0.39, 0.29) is 0 Å². The minimum Gasteiger partial charge on any atom is -0.321 e. The van der Waals surface area contributed by atoms with E-state index in [2.05, 4.69) is 31.2 Å². The molecular formula is C16H18ClN. The molecule has 0 amide bonds. The van der Waals surface area contributed by atoms with Crippen LogP contribution in [0.15, 0.2) is 48.5 Å². The fraction of sp³-hybridized carbons (Fsp3) is 0.250. The zero-order chi connectivity index (χ0) is 13.2. The van der Waals surface area contributed by atoms with Gasteiger partial charge in [0.25, 0.3) is 0 Å². The normalized spacial score (nSPS) is 14.2. The van der Waals surface area contributed by atoms with Gasteiger partial charge in [0.15, 0.2) is 0 Å². The molecule has 0 saturated carbocycles. The SMILES string of the molecule is Cc1cccc(CC(C)(N)c2cccc(Cl)c2)c1. The summed E-state index contributed by atoms with van der Waals surface area (Å²) in [6.07, 6.45) is 0.801. The minimum atomic E-state index is -0.404. The van der Waals surface area contributed by atoms with E-state index in [1.165, 1.54) is 11.1 Å². The van der Waals surface area contributed by atoms with Gasteiger partial charge in [-0.25, -0.2) is 0 Å². The predicted octanol–water partition coefficient (Wildman–Crippen LogP) is 4.07. The summed E-state index contributed by atoms with van der Waals surface area (Å²) in [6, 6.07) is 16.2. The first-order valence-corrected chi connectivity index (χ1v) is 6.46. The molecule has 0 radical (unpaired) electrons. The number of hydrogen-bond acceptors (Lipinski definition) is 1. The van der Waals surface area contributed by atoms with Gasteiger partial charge >= 0.3 is 0 Å². The first kappa shape index (κ1) is 13.1. The highest BCUT2D eigenvalue weighted by Gasteiger charge is 2.21. The van der Waals surface area contributed by atoms with Crippen LogP contribution in [0.4, 0.5) is 0 Å². The number of benzene rings is 2. The zero-order valence-electron chi connectivity index (χ0n) is 10.8. The molecule has 94 valence electrons. The largest absolute Gasteiger partial charge is 0.321 e. The molecule has 2 N–H and O–H groups in total. The summed E-state index contributed by atoms with van der Waals surface area (Å²) in [5, 5.41) is 0.730. The number of nitrogens with two attached hydrogens (primary N) is 1. The third-order valence-corrected chi connectivity index (χ3v) is 3.37. The highest BCUT2D eigenvalue weighted by atomic mass is 35.5. The van der Waals surface area contributed by atoms with Gasteiger partial charge in [0, 0.05) is 10.6 Å². The Morgan fingerprint density at radius 3 is 2.50 bits per heavy atom. The van der Waals surface area contributed by atoms with Gasteiger partial charge in [-0.3, -0.25) is 0 Å². The average molecular weight is 260 g/mol. The summed E-state index contributed by atoms with van der Waals surface area (Å²) in [7, 11) is 0. The third kappa shape index (κ3) is 3.12. The van der Waals surface area contributed by atoms with Crippen molar-refractivity contribution < 1.29 is 0 Å². The molecular weight excluding hydrogens is 242 g/mol. The minimum absolute atomic E-state index is 0.404. The van der Waals surface area contributed by atoms with E-state index < -0.39 is 5.54 Å². The van der Waals surface area contributed by atoms with Gasteiger partial charge in [-0.2, -0.15) is 0 Å². The van der Waals surface area contributed by atoms with Crippen molar-refractivity contribution in [1.29, 1.82) is 0 Å². The zero-order valence-corrected chi connectivity index (χ0v) is 11.5. The van der Waals surface area contributed by atoms with Crippen LogP contribution in [0, 0.1) is 6.92 Å². The first-order valence-electron chi connectivity index (χ1n) is 6.08. The second-order valence-corrected chi connectivity index (χ2v) is 5.53. The van der Waals surface area contributed by atoms with Crippen molar-refractivity contribution in [2.45, 2.75) is 25.8 Å². The van der Waals surface area contributed by atoms with Crippen molar-refractivity contribution in [1.82, 2.24) is 0 Å². The van der Waals surface area contributed by atoms with E-state index in [0.717, 1.165) is 17.0 Å². The molecule has 0 fully saturated rings. The summed E-state index contributed by atoms with van der Waals surface area (Å²) in [5.41, 5.74) is 9.60. The number of hydrogen-bond donors (Lipinski definition) is 1. The maximum atomic E-state index is 6.43. The second kappa shape index (κ2) is 5.13. The van der Waals surface area contributed by atoms with Crippen molar-refractivity contribution >= 4 is 11.6 Å². The molecule has 2 aromatic carbocycles. The quantitative estimate of drug-likeness (QED) is 0.884. The fourth-order valence-corrected chi connectivity index (χ4v) is 2.38. The molecule has 0 aliphatic heterocycles. The van der Waals surface area contributed by atoms with Crippen molar-refractivity contribution in [3.63, 3.8) is 0 Å². The van der Waals surface area contributed by atoms with Gasteiger partial charge in [-0.05, 0) is 43.5 Å². The van der Waals surface area contributed by atoms with Crippen LogP contribution < -0.4 is 5.73 Å². The standard InChI is InChI=1S/C16H18ClN/c1-12-5-3-6-13(9-12)11-16(2,18)14-7-4-8-15(17)10-14/h3-10H,11,18H2,1-2H3. The van der Waals surface area contributed by atoms with Crippen LogP contribution in [-0.2, 0) is 12.0 Å². The number of rotatable bonds is 3. The molecule has 0 aromatic heterocycles. The smallest absolute Gasteiger partial charge is 0.0422 e. The highest BCUT2D eigenvalue weighted by molar-refractivity contribution is 6.30. The van der Waals surface area contributed by atoms with E-state index in [9.17, 15) is 0 Å². The molecule has 0 aliphatic rings. The van der Waals surface area contributed by atoms with Crippen molar-refractivity contribution in [3.05, 3.63) is 70.2 Å². The van der Waals surface area contributed by atoms with Gasteiger partial charge in [-0.15, -0.1) is 0 Å². The molecule has 1 atom stereocenters. The van der Waals surface area contributed by atoms with Crippen LogP contribution >= 0.6 is 11.6 Å². The van der Waals surface area contributed by atoms with Crippen LogP contribution in [0.1, 0.15) is 23.6 Å². The van der Waals surface area contributed by atoms with E-state index >= 15 is 0 Å². The summed E-state index contributed by atoms with van der Waals surface area (Å²) >= 11 is 6.02. The van der Waals surface area contributed by atoms with Gasteiger partial charge < -0.3 is 5.73 Å². The molecule has 0 aliphatic carbocycles. The topological polar surface area (TPSA) is 26.0 Å². The molecule has 1 nitrogen and oxygen atoms in total. The Morgan fingerprint density at radius 2 is 1.83 bits per heavy atom. The van der Waals surface area contributed by atoms with Crippen LogP contribution in [0.25, 0.3) is 0 Å². The van der Waals surface area contributed by atoms with Crippen LogP contribution in [0.2, 0.25) is 5.02 Å². The second-order valence-electron chi connectivity index (χ2n) is 5.09. The predicted molar refractivity (Wildman–Crippen MR) is 77.9 cm³/mol. The molecule has 2 heteroatoms. The molecule has 0 heterocycles.